The number of carbonyl (C=O) groups excluding carboxylic acids is 2. The Bertz CT molecular complexity index is 1860. The van der Waals surface area contributed by atoms with E-state index in [1.165, 1.54) is 25.7 Å². The molecule has 5 aliphatic rings. The van der Waals surface area contributed by atoms with Crippen LogP contribution >= 0.6 is 0 Å². The molecule has 2 amide bonds. The fraction of sp³-hybridized carbons (Fsp3) is 0.556. The number of methoxy groups -OCH3 is 1. The molecule has 10 nitrogen and oxygen atoms in total. The van der Waals surface area contributed by atoms with Crippen LogP contribution in [0.4, 0.5) is 0 Å². The largest absolute Gasteiger partial charge is 0.482 e. The number of aryl methyl sites for hydroxylation is 2. The lowest BCUT2D eigenvalue weighted by molar-refractivity contribution is -0.126. The third-order valence-corrected chi connectivity index (χ3v) is 11.5. The molecule has 10 heteroatoms. The monoisotopic (exact) mass is 623 g/mol. The summed E-state index contributed by atoms with van der Waals surface area (Å²) >= 11 is 0. The highest BCUT2D eigenvalue weighted by Gasteiger charge is 2.54. The van der Waals surface area contributed by atoms with E-state index >= 15 is 0 Å². The van der Waals surface area contributed by atoms with Crippen molar-refractivity contribution in [3.63, 3.8) is 0 Å². The van der Waals surface area contributed by atoms with E-state index in [2.05, 4.69) is 36.6 Å². The average molecular weight is 624 g/mol. The van der Waals surface area contributed by atoms with Gasteiger partial charge in [0.05, 0.1) is 18.5 Å². The van der Waals surface area contributed by atoms with Gasteiger partial charge in [-0.15, -0.1) is 0 Å². The van der Waals surface area contributed by atoms with Crippen LogP contribution in [-0.2, 0) is 17.8 Å². The lowest BCUT2D eigenvalue weighted by Crippen LogP contribution is -2.40. The number of hydrogen-bond donors (Lipinski definition) is 2. The van der Waals surface area contributed by atoms with Crippen molar-refractivity contribution in [1.29, 1.82) is 0 Å². The van der Waals surface area contributed by atoms with Crippen molar-refractivity contribution in [2.75, 3.05) is 7.11 Å². The molecule has 4 aromatic rings. The number of imidazole rings is 1. The number of nitrogens with two attached hydrogens (primary N) is 2. The molecule has 5 fully saturated rings. The summed E-state index contributed by atoms with van der Waals surface area (Å²) in [4.78, 5) is 36.3. The highest BCUT2D eigenvalue weighted by molar-refractivity contribution is 5.96. The predicted molar refractivity (Wildman–Crippen MR) is 176 cm³/mol. The molecule has 0 aromatic carbocycles. The van der Waals surface area contributed by atoms with Gasteiger partial charge in [0.2, 0.25) is 5.91 Å². The molecule has 4 N–H and O–H groups in total. The van der Waals surface area contributed by atoms with Gasteiger partial charge in [-0.3, -0.25) is 14.0 Å². The number of fused-ring (bicyclic) bond motifs is 4. The Labute approximate surface area is 269 Å². The van der Waals surface area contributed by atoms with Gasteiger partial charge in [0.1, 0.15) is 17.0 Å². The molecule has 3 aliphatic carbocycles. The van der Waals surface area contributed by atoms with Crippen molar-refractivity contribution in [3.8, 4) is 17.3 Å². The fourth-order valence-electron chi connectivity index (χ4n) is 8.37. The van der Waals surface area contributed by atoms with Crippen LogP contribution < -0.4 is 16.2 Å². The van der Waals surface area contributed by atoms with Crippen molar-refractivity contribution in [3.05, 3.63) is 47.3 Å². The van der Waals surface area contributed by atoms with E-state index in [0.717, 1.165) is 84.5 Å². The van der Waals surface area contributed by atoms with Crippen LogP contribution in [-0.4, -0.2) is 60.9 Å². The maximum atomic E-state index is 13.7. The predicted octanol–water partition coefficient (Wildman–Crippen LogP) is 5.01. The normalized spacial score (nSPS) is 24.3. The maximum absolute atomic E-state index is 13.7. The Morgan fingerprint density at radius 3 is 2.46 bits per heavy atom. The van der Waals surface area contributed by atoms with Crippen LogP contribution in [0.1, 0.15) is 86.5 Å². The van der Waals surface area contributed by atoms with Crippen LogP contribution in [0.2, 0.25) is 0 Å². The van der Waals surface area contributed by atoms with Crippen molar-refractivity contribution in [2.24, 2.45) is 28.7 Å². The number of amides is 2. The molecular formula is C36H45N7O3. The molecule has 3 saturated carbocycles. The molecule has 0 radical (unpaired) electrons. The minimum absolute atomic E-state index is 0.0302. The Morgan fingerprint density at radius 2 is 1.85 bits per heavy atom. The second-order valence-electron chi connectivity index (χ2n) is 14.6. The second-order valence-corrected chi connectivity index (χ2v) is 14.6. The van der Waals surface area contributed by atoms with Crippen LogP contribution in [0.3, 0.4) is 0 Å². The lowest BCUT2D eigenvalue weighted by atomic mass is 9.71. The first kappa shape index (κ1) is 29.5. The number of pyridine rings is 2. The first-order valence-corrected chi connectivity index (χ1v) is 17.1. The Hall–Kier alpha value is -3.92. The highest BCUT2D eigenvalue weighted by Crippen LogP contribution is 2.63. The minimum atomic E-state index is -0.0903. The number of hydrogen-bond acceptors (Lipinski definition) is 6. The SMILES string of the molecule is CCc1ccc2cc(-c3nc4cc(C(=O)N5C6CCC5C(N)C6)cc(OC)n4c3C)n(CC3CC3)c2n1.NC(=O)C1CC2(CC2)C1. The van der Waals surface area contributed by atoms with E-state index in [1.807, 2.05) is 21.4 Å². The molecule has 9 rings (SSSR count). The van der Waals surface area contributed by atoms with Crippen LogP contribution in [0.15, 0.2) is 30.3 Å². The Kier molecular flexibility index (Phi) is 6.94. The van der Waals surface area contributed by atoms with Gasteiger partial charge in [-0.1, -0.05) is 6.92 Å². The zero-order chi connectivity index (χ0) is 31.9. The van der Waals surface area contributed by atoms with E-state index < -0.39 is 0 Å². The number of primary amides is 1. The molecule has 1 spiro atoms. The van der Waals surface area contributed by atoms with Gasteiger partial charge in [0, 0.05) is 53.3 Å². The highest BCUT2D eigenvalue weighted by atomic mass is 16.5. The molecule has 2 saturated heterocycles. The number of ether oxygens (including phenoxy) is 1. The molecule has 3 atom stereocenters. The van der Waals surface area contributed by atoms with E-state index in [1.54, 1.807) is 7.11 Å². The van der Waals surface area contributed by atoms with Crippen molar-refractivity contribution in [1.82, 2.24) is 23.8 Å². The number of aromatic nitrogens is 4. The van der Waals surface area contributed by atoms with E-state index in [4.69, 9.17) is 26.2 Å². The zero-order valence-electron chi connectivity index (χ0n) is 27.2. The summed E-state index contributed by atoms with van der Waals surface area (Å²) in [6, 6.07) is 10.7. The molecule has 3 unspecified atom stereocenters. The van der Waals surface area contributed by atoms with Gasteiger partial charge in [-0.2, -0.15) is 0 Å². The van der Waals surface area contributed by atoms with Crippen LogP contribution in [0.25, 0.3) is 28.1 Å². The van der Waals surface area contributed by atoms with Gasteiger partial charge >= 0.3 is 0 Å². The summed E-state index contributed by atoms with van der Waals surface area (Å²) in [6.07, 6.45) is 11.2. The van der Waals surface area contributed by atoms with Gasteiger partial charge in [0.25, 0.3) is 5.91 Å². The third kappa shape index (κ3) is 4.87. The van der Waals surface area contributed by atoms with E-state index in [9.17, 15) is 9.59 Å². The van der Waals surface area contributed by atoms with Crippen molar-refractivity contribution >= 4 is 28.5 Å². The molecule has 46 heavy (non-hydrogen) atoms. The molecule has 6 heterocycles. The summed E-state index contributed by atoms with van der Waals surface area (Å²) in [6.45, 7) is 5.16. The number of carbonyl (C=O) groups is 2. The molecule has 242 valence electrons. The first-order chi connectivity index (χ1) is 22.2. The number of nitrogens with zero attached hydrogens (tertiary/aromatic N) is 5. The molecule has 2 aliphatic heterocycles. The summed E-state index contributed by atoms with van der Waals surface area (Å²) in [5.74, 6) is 1.48. The van der Waals surface area contributed by atoms with Gasteiger partial charge in [-0.05, 0) is 107 Å². The van der Waals surface area contributed by atoms with E-state index in [-0.39, 0.29) is 35.9 Å². The maximum Gasteiger partial charge on any atom is 0.254 e. The van der Waals surface area contributed by atoms with Gasteiger partial charge < -0.3 is 25.7 Å². The van der Waals surface area contributed by atoms with Gasteiger partial charge in [0.15, 0.2) is 5.88 Å². The van der Waals surface area contributed by atoms with Crippen molar-refractivity contribution < 1.29 is 14.3 Å². The first-order valence-electron chi connectivity index (χ1n) is 17.1. The number of rotatable bonds is 7. The molecule has 4 aromatic heterocycles. The lowest BCUT2D eigenvalue weighted by Gasteiger charge is -2.33. The summed E-state index contributed by atoms with van der Waals surface area (Å²) in [5, 5.41) is 1.13. The van der Waals surface area contributed by atoms with Crippen LogP contribution in [0, 0.1) is 24.2 Å². The standard InChI is InChI=1S/C29H34N6O2.C7H11NO/c1-4-20-8-7-18-11-24(33(28(18)31-20)15-17-5-6-17)27-16(2)34-25(32-27)12-19(13-26(34)37-3)29(36)35-21-9-10-23(35)22(30)14-21;8-6(9)5-3-7(4-5)1-2-7/h7-8,11-13,17,21-23H,4-6,9-10,14-15,30H2,1-3H3;5H,1-4H2,(H2,8,9). The second kappa shape index (κ2) is 10.8. The summed E-state index contributed by atoms with van der Waals surface area (Å²) in [5.41, 5.74) is 18.5. The van der Waals surface area contributed by atoms with Crippen molar-refractivity contribution in [2.45, 2.75) is 103 Å². The fourth-order valence-corrected chi connectivity index (χ4v) is 8.37. The molecule has 2 bridgehead atoms. The zero-order valence-corrected chi connectivity index (χ0v) is 27.2. The quantitative estimate of drug-likeness (QED) is 0.297. The minimum Gasteiger partial charge on any atom is -0.482 e. The summed E-state index contributed by atoms with van der Waals surface area (Å²) < 4.78 is 10.2. The Morgan fingerprint density at radius 1 is 1.07 bits per heavy atom. The third-order valence-electron chi connectivity index (χ3n) is 11.5. The summed E-state index contributed by atoms with van der Waals surface area (Å²) in [7, 11) is 1.65. The van der Waals surface area contributed by atoms with Gasteiger partial charge in [-0.25, -0.2) is 9.97 Å². The average Bonchev–Trinajstić information content (AvgIpc) is 3.90. The molecular weight excluding hydrogens is 578 g/mol. The topological polar surface area (TPSA) is 134 Å². The smallest absolute Gasteiger partial charge is 0.254 e. The van der Waals surface area contributed by atoms with E-state index in [0.29, 0.717) is 22.8 Å². The van der Waals surface area contributed by atoms with Crippen LogP contribution in [0.5, 0.6) is 5.88 Å². The Balaban J connectivity index is 0.000000297.